The van der Waals surface area contributed by atoms with Crippen LogP contribution in [0.25, 0.3) is 0 Å². The minimum atomic E-state index is -0.226. The summed E-state index contributed by atoms with van der Waals surface area (Å²) in [5.41, 5.74) is 6.07. The number of hydrogen-bond acceptors (Lipinski definition) is 3. The van der Waals surface area contributed by atoms with E-state index >= 15 is 0 Å². The molecule has 0 aromatic heterocycles. The maximum absolute atomic E-state index is 11.9. The van der Waals surface area contributed by atoms with Gasteiger partial charge in [0.25, 0.3) is 0 Å². The molecule has 3 atom stereocenters. The summed E-state index contributed by atoms with van der Waals surface area (Å²) in [4.78, 5) is 11.9. The molecule has 2 unspecified atom stereocenters. The zero-order chi connectivity index (χ0) is 11.4. The van der Waals surface area contributed by atoms with E-state index in [-0.39, 0.29) is 24.1 Å². The highest BCUT2D eigenvalue weighted by Gasteiger charge is 2.28. The molecule has 1 heterocycles. The van der Waals surface area contributed by atoms with Crippen LogP contribution < -0.4 is 11.1 Å². The average Bonchev–Trinajstić information content (AvgIpc) is 2.73. The molecule has 2 aliphatic rings. The fourth-order valence-corrected chi connectivity index (χ4v) is 2.58. The van der Waals surface area contributed by atoms with Crippen molar-refractivity contribution >= 4 is 5.91 Å². The zero-order valence-corrected chi connectivity index (χ0v) is 9.78. The molecule has 92 valence electrons. The SMILES string of the molecule is NC1CCCCCC1NC(=O)[C@H]1CCCO1. The van der Waals surface area contributed by atoms with Gasteiger partial charge in [0.2, 0.25) is 5.91 Å². The Balaban J connectivity index is 1.84. The van der Waals surface area contributed by atoms with Crippen molar-refractivity contribution in [3.63, 3.8) is 0 Å². The Kier molecular flexibility index (Phi) is 4.18. The Labute approximate surface area is 96.9 Å². The second kappa shape index (κ2) is 5.64. The van der Waals surface area contributed by atoms with Gasteiger partial charge in [-0.15, -0.1) is 0 Å². The molecule has 1 saturated heterocycles. The normalized spacial score (nSPS) is 35.7. The van der Waals surface area contributed by atoms with Gasteiger partial charge in [-0.25, -0.2) is 0 Å². The molecule has 1 aliphatic carbocycles. The number of amides is 1. The van der Waals surface area contributed by atoms with Gasteiger partial charge in [0.15, 0.2) is 0 Å². The van der Waals surface area contributed by atoms with Crippen LogP contribution in [0.5, 0.6) is 0 Å². The lowest BCUT2D eigenvalue weighted by Gasteiger charge is -2.24. The molecule has 1 saturated carbocycles. The number of nitrogens with two attached hydrogens (primary N) is 1. The Morgan fingerprint density at radius 2 is 1.94 bits per heavy atom. The van der Waals surface area contributed by atoms with Crippen LogP contribution in [-0.2, 0) is 9.53 Å². The summed E-state index contributed by atoms with van der Waals surface area (Å²) in [5.74, 6) is 0.0415. The Morgan fingerprint density at radius 1 is 1.12 bits per heavy atom. The van der Waals surface area contributed by atoms with E-state index in [9.17, 15) is 4.79 Å². The first-order valence-electron chi connectivity index (χ1n) is 6.45. The van der Waals surface area contributed by atoms with E-state index in [0.717, 1.165) is 32.3 Å². The van der Waals surface area contributed by atoms with E-state index in [2.05, 4.69) is 5.32 Å². The minimum Gasteiger partial charge on any atom is -0.368 e. The Morgan fingerprint density at radius 3 is 2.69 bits per heavy atom. The van der Waals surface area contributed by atoms with E-state index in [4.69, 9.17) is 10.5 Å². The van der Waals surface area contributed by atoms with Gasteiger partial charge in [-0.1, -0.05) is 19.3 Å². The summed E-state index contributed by atoms with van der Waals surface area (Å²) < 4.78 is 5.37. The third kappa shape index (κ3) is 2.95. The first-order chi connectivity index (χ1) is 7.77. The lowest BCUT2D eigenvalue weighted by atomic mass is 10.0. The predicted molar refractivity (Wildman–Crippen MR) is 62.0 cm³/mol. The largest absolute Gasteiger partial charge is 0.368 e. The predicted octanol–water partition coefficient (Wildman–Crippen LogP) is 0.942. The van der Waals surface area contributed by atoms with Crippen LogP contribution in [0.4, 0.5) is 0 Å². The highest BCUT2D eigenvalue weighted by molar-refractivity contribution is 5.81. The van der Waals surface area contributed by atoms with Gasteiger partial charge >= 0.3 is 0 Å². The monoisotopic (exact) mass is 226 g/mol. The molecule has 16 heavy (non-hydrogen) atoms. The first-order valence-corrected chi connectivity index (χ1v) is 6.45. The van der Waals surface area contributed by atoms with Crippen molar-refractivity contribution in [3.05, 3.63) is 0 Å². The molecule has 3 N–H and O–H groups in total. The van der Waals surface area contributed by atoms with E-state index in [1.165, 1.54) is 19.3 Å². The smallest absolute Gasteiger partial charge is 0.249 e. The molecule has 4 heteroatoms. The lowest BCUT2D eigenvalue weighted by Crippen LogP contribution is -2.49. The molecular weight excluding hydrogens is 204 g/mol. The zero-order valence-electron chi connectivity index (χ0n) is 9.78. The minimum absolute atomic E-state index is 0.0415. The fourth-order valence-electron chi connectivity index (χ4n) is 2.58. The third-order valence-corrected chi connectivity index (χ3v) is 3.62. The maximum Gasteiger partial charge on any atom is 0.249 e. The number of carbonyl (C=O) groups is 1. The van der Waals surface area contributed by atoms with Crippen molar-refractivity contribution in [2.75, 3.05) is 6.61 Å². The number of nitrogens with one attached hydrogen (secondary N) is 1. The Bertz CT molecular complexity index is 239. The van der Waals surface area contributed by atoms with Crippen LogP contribution in [0, 0.1) is 0 Å². The first kappa shape index (κ1) is 11.9. The van der Waals surface area contributed by atoms with Crippen molar-refractivity contribution in [2.45, 2.75) is 63.1 Å². The second-order valence-electron chi connectivity index (χ2n) is 4.92. The molecule has 2 rings (SSSR count). The summed E-state index contributed by atoms with van der Waals surface area (Å²) >= 11 is 0. The van der Waals surface area contributed by atoms with Crippen LogP contribution in [0.1, 0.15) is 44.9 Å². The summed E-state index contributed by atoms with van der Waals surface area (Å²) in [6.45, 7) is 0.717. The summed E-state index contributed by atoms with van der Waals surface area (Å²) in [6, 6.07) is 0.270. The number of ether oxygens (including phenoxy) is 1. The molecule has 4 nitrogen and oxygen atoms in total. The molecule has 0 spiro atoms. The van der Waals surface area contributed by atoms with E-state index < -0.39 is 0 Å². The Hall–Kier alpha value is -0.610. The maximum atomic E-state index is 11.9. The van der Waals surface area contributed by atoms with Crippen molar-refractivity contribution in [2.24, 2.45) is 5.73 Å². The third-order valence-electron chi connectivity index (χ3n) is 3.62. The number of rotatable bonds is 2. The number of hydrogen-bond donors (Lipinski definition) is 2. The summed E-state index contributed by atoms with van der Waals surface area (Å²) in [6.07, 6.45) is 7.26. The number of carbonyl (C=O) groups excluding carboxylic acids is 1. The van der Waals surface area contributed by atoms with Gasteiger partial charge < -0.3 is 15.8 Å². The topological polar surface area (TPSA) is 64.3 Å². The second-order valence-corrected chi connectivity index (χ2v) is 4.92. The van der Waals surface area contributed by atoms with Gasteiger partial charge in [-0.3, -0.25) is 4.79 Å². The molecular formula is C12H22N2O2. The van der Waals surface area contributed by atoms with E-state index in [1.54, 1.807) is 0 Å². The van der Waals surface area contributed by atoms with Gasteiger partial charge in [0.1, 0.15) is 6.10 Å². The van der Waals surface area contributed by atoms with Crippen LogP contribution in [0.2, 0.25) is 0 Å². The van der Waals surface area contributed by atoms with Gasteiger partial charge in [-0.05, 0) is 25.7 Å². The molecule has 0 bridgehead atoms. The molecule has 1 amide bonds. The lowest BCUT2D eigenvalue weighted by molar-refractivity contribution is -0.131. The van der Waals surface area contributed by atoms with Gasteiger partial charge in [0.05, 0.1) is 0 Å². The van der Waals surface area contributed by atoms with Crippen LogP contribution in [-0.4, -0.2) is 30.7 Å². The van der Waals surface area contributed by atoms with Crippen molar-refractivity contribution in [1.82, 2.24) is 5.32 Å². The standard InChI is InChI=1S/C12H22N2O2/c13-9-5-2-1-3-6-10(9)14-12(15)11-7-4-8-16-11/h9-11H,1-8,13H2,(H,14,15)/t9?,10?,11-/m1/s1. The molecule has 0 radical (unpaired) electrons. The van der Waals surface area contributed by atoms with Crippen molar-refractivity contribution in [1.29, 1.82) is 0 Å². The highest BCUT2D eigenvalue weighted by Crippen LogP contribution is 2.18. The van der Waals surface area contributed by atoms with Gasteiger partial charge in [-0.2, -0.15) is 0 Å². The summed E-state index contributed by atoms with van der Waals surface area (Å²) in [5, 5.41) is 3.06. The van der Waals surface area contributed by atoms with Crippen molar-refractivity contribution < 1.29 is 9.53 Å². The van der Waals surface area contributed by atoms with Crippen molar-refractivity contribution in [3.8, 4) is 0 Å². The van der Waals surface area contributed by atoms with Crippen LogP contribution >= 0.6 is 0 Å². The quantitative estimate of drug-likeness (QED) is 0.689. The van der Waals surface area contributed by atoms with Gasteiger partial charge in [0, 0.05) is 18.7 Å². The van der Waals surface area contributed by atoms with E-state index in [0.29, 0.717) is 0 Å². The van der Waals surface area contributed by atoms with E-state index in [1.807, 2.05) is 0 Å². The molecule has 1 aliphatic heterocycles. The van der Waals surface area contributed by atoms with Crippen LogP contribution in [0.3, 0.4) is 0 Å². The molecule has 2 fully saturated rings. The summed E-state index contributed by atoms with van der Waals surface area (Å²) in [7, 11) is 0. The van der Waals surface area contributed by atoms with Crippen LogP contribution in [0.15, 0.2) is 0 Å². The fraction of sp³-hybridized carbons (Fsp3) is 0.917. The highest BCUT2D eigenvalue weighted by atomic mass is 16.5. The molecule has 0 aromatic rings. The molecule has 0 aromatic carbocycles. The average molecular weight is 226 g/mol.